The van der Waals surface area contributed by atoms with Crippen molar-refractivity contribution in [3.63, 3.8) is 0 Å². The molecule has 2 aliphatic rings. The van der Waals surface area contributed by atoms with Crippen molar-refractivity contribution in [3.05, 3.63) is 66.2 Å². The Morgan fingerprint density at radius 3 is 2.04 bits per heavy atom. The molecule has 0 radical (unpaired) electrons. The van der Waals surface area contributed by atoms with Gasteiger partial charge < -0.3 is 9.80 Å². The summed E-state index contributed by atoms with van der Waals surface area (Å²) in [7, 11) is 0. The largest absolute Gasteiger partial charge is 0.339 e. The number of nitrogens with zero attached hydrogens (tertiary/aromatic N) is 4. The van der Waals surface area contributed by atoms with Gasteiger partial charge in [0, 0.05) is 39.5 Å². The number of rotatable bonds is 3. The minimum absolute atomic E-state index is 0.000980. The molecular formula is C22H24N4O2. The molecule has 4 rings (SSSR count). The second-order valence-electron chi connectivity index (χ2n) is 7.16. The molecule has 2 aromatic carbocycles. The van der Waals surface area contributed by atoms with Crippen LogP contribution in [0.25, 0.3) is 0 Å². The van der Waals surface area contributed by atoms with Gasteiger partial charge >= 0.3 is 0 Å². The minimum atomic E-state index is -0.0254. The lowest BCUT2D eigenvalue weighted by molar-refractivity contribution is -0.134. The first kappa shape index (κ1) is 18.2. The molecule has 2 aromatic rings. The average Bonchev–Trinajstić information content (AvgIpc) is 3.20. The molecule has 0 unspecified atom stereocenters. The van der Waals surface area contributed by atoms with Crippen LogP contribution < -0.4 is 5.01 Å². The molecule has 0 aromatic heterocycles. The van der Waals surface area contributed by atoms with Gasteiger partial charge in [-0.15, -0.1) is 0 Å². The highest BCUT2D eigenvalue weighted by molar-refractivity contribution is 6.39. The molecule has 0 saturated carbocycles. The Balaban J connectivity index is 1.56. The predicted molar refractivity (Wildman–Crippen MR) is 109 cm³/mol. The summed E-state index contributed by atoms with van der Waals surface area (Å²) in [5.41, 5.74) is 2.69. The number of para-hydroxylation sites is 1. The van der Waals surface area contributed by atoms with Crippen molar-refractivity contribution in [2.45, 2.75) is 19.4 Å². The fraction of sp³-hybridized carbons (Fsp3) is 0.318. The molecule has 6 nitrogen and oxygen atoms in total. The van der Waals surface area contributed by atoms with Gasteiger partial charge in [0.2, 0.25) is 5.91 Å². The number of hydrogen-bond acceptors (Lipinski definition) is 4. The number of benzene rings is 2. The smallest absolute Gasteiger partial charge is 0.270 e. The second-order valence-corrected chi connectivity index (χ2v) is 7.16. The van der Waals surface area contributed by atoms with Crippen molar-refractivity contribution in [2.75, 3.05) is 31.2 Å². The van der Waals surface area contributed by atoms with Crippen LogP contribution in [0.5, 0.6) is 0 Å². The fourth-order valence-electron chi connectivity index (χ4n) is 3.80. The van der Waals surface area contributed by atoms with Gasteiger partial charge in [0.1, 0.15) is 5.71 Å². The van der Waals surface area contributed by atoms with E-state index in [0.29, 0.717) is 38.3 Å². The summed E-state index contributed by atoms with van der Waals surface area (Å²) < 4.78 is 0. The van der Waals surface area contributed by atoms with E-state index in [1.807, 2.05) is 58.4 Å². The van der Waals surface area contributed by atoms with E-state index in [1.54, 1.807) is 11.8 Å². The van der Waals surface area contributed by atoms with Crippen LogP contribution in [0.1, 0.15) is 24.9 Å². The lowest BCUT2D eigenvalue weighted by Gasteiger charge is -2.34. The Morgan fingerprint density at radius 1 is 0.857 bits per heavy atom. The first-order valence-electron chi connectivity index (χ1n) is 9.65. The highest BCUT2D eigenvalue weighted by Gasteiger charge is 2.35. The number of piperazine rings is 1. The number of amides is 2. The van der Waals surface area contributed by atoms with Gasteiger partial charge in [0.05, 0.1) is 11.7 Å². The van der Waals surface area contributed by atoms with Crippen molar-refractivity contribution >= 4 is 23.2 Å². The van der Waals surface area contributed by atoms with Crippen molar-refractivity contribution in [1.82, 2.24) is 9.80 Å². The molecule has 2 amide bonds. The van der Waals surface area contributed by atoms with Crippen molar-refractivity contribution in [2.24, 2.45) is 5.10 Å². The number of carbonyl (C=O) groups is 2. The average molecular weight is 376 g/mol. The Kier molecular flexibility index (Phi) is 5.10. The summed E-state index contributed by atoms with van der Waals surface area (Å²) in [5, 5.41) is 6.68. The van der Waals surface area contributed by atoms with E-state index < -0.39 is 0 Å². The normalized spacial score (nSPS) is 19.5. The van der Waals surface area contributed by atoms with Gasteiger partial charge in [-0.05, 0) is 17.7 Å². The summed E-state index contributed by atoms with van der Waals surface area (Å²) in [6.45, 7) is 3.84. The molecule has 2 aliphatic heterocycles. The topological polar surface area (TPSA) is 56.2 Å². The van der Waals surface area contributed by atoms with E-state index in [1.165, 1.54) is 0 Å². The number of anilines is 1. The molecule has 28 heavy (non-hydrogen) atoms. The lowest BCUT2D eigenvalue weighted by atomic mass is 10.0. The van der Waals surface area contributed by atoms with E-state index in [0.717, 1.165) is 11.3 Å². The van der Waals surface area contributed by atoms with E-state index in [4.69, 9.17) is 5.10 Å². The monoisotopic (exact) mass is 376 g/mol. The van der Waals surface area contributed by atoms with Gasteiger partial charge in [-0.1, -0.05) is 48.5 Å². The Morgan fingerprint density at radius 2 is 1.43 bits per heavy atom. The van der Waals surface area contributed by atoms with Crippen LogP contribution in [0, 0.1) is 0 Å². The maximum Gasteiger partial charge on any atom is 0.270 e. The highest BCUT2D eigenvalue weighted by Crippen LogP contribution is 2.35. The van der Waals surface area contributed by atoms with Gasteiger partial charge in [-0.2, -0.15) is 5.10 Å². The Bertz CT molecular complexity index is 874. The molecule has 2 heterocycles. The second kappa shape index (κ2) is 7.84. The predicted octanol–water partition coefficient (Wildman–Crippen LogP) is 2.68. The van der Waals surface area contributed by atoms with Crippen LogP contribution in [0.15, 0.2) is 65.8 Å². The third-order valence-electron chi connectivity index (χ3n) is 5.37. The molecule has 0 aliphatic carbocycles. The summed E-state index contributed by atoms with van der Waals surface area (Å²) in [6.07, 6.45) is 0.574. The summed E-state index contributed by atoms with van der Waals surface area (Å²) in [4.78, 5) is 28.2. The molecule has 6 heteroatoms. The quantitative estimate of drug-likeness (QED) is 0.828. The first-order chi connectivity index (χ1) is 13.6. The minimum Gasteiger partial charge on any atom is -0.339 e. The molecule has 144 valence electrons. The third kappa shape index (κ3) is 3.63. The molecule has 0 N–H and O–H groups in total. The van der Waals surface area contributed by atoms with Gasteiger partial charge in [0.15, 0.2) is 0 Å². The van der Waals surface area contributed by atoms with E-state index in [2.05, 4.69) is 12.1 Å². The van der Waals surface area contributed by atoms with Crippen LogP contribution in [-0.2, 0) is 9.59 Å². The summed E-state index contributed by atoms with van der Waals surface area (Å²) in [6, 6.07) is 20.1. The standard InChI is InChI=1S/C22H24N4O2/c1-17(27)24-12-14-25(15-13-24)22(28)20-16-21(18-8-4-2-5-9-18)26(23-20)19-10-6-3-7-11-19/h2-11,21H,12-16H2,1H3/t21-/m1/s1. The number of hydrazone groups is 1. The van der Waals surface area contributed by atoms with Crippen LogP contribution in [0.2, 0.25) is 0 Å². The third-order valence-corrected chi connectivity index (χ3v) is 5.37. The number of hydrogen-bond donors (Lipinski definition) is 0. The molecule has 1 atom stereocenters. The van der Waals surface area contributed by atoms with Crippen LogP contribution >= 0.6 is 0 Å². The van der Waals surface area contributed by atoms with Crippen molar-refractivity contribution < 1.29 is 9.59 Å². The van der Waals surface area contributed by atoms with Gasteiger partial charge in [-0.25, -0.2) is 0 Å². The summed E-state index contributed by atoms with van der Waals surface area (Å²) in [5.74, 6) is 0.0345. The van der Waals surface area contributed by atoms with Crippen molar-refractivity contribution in [1.29, 1.82) is 0 Å². The van der Waals surface area contributed by atoms with Gasteiger partial charge in [-0.3, -0.25) is 14.6 Å². The lowest BCUT2D eigenvalue weighted by Crippen LogP contribution is -2.51. The zero-order valence-electron chi connectivity index (χ0n) is 16.0. The van der Waals surface area contributed by atoms with E-state index >= 15 is 0 Å². The van der Waals surface area contributed by atoms with Crippen LogP contribution in [0.4, 0.5) is 5.69 Å². The Labute approximate surface area is 165 Å². The maximum atomic E-state index is 13.1. The molecule has 1 saturated heterocycles. The maximum absolute atomic E-state index is 13.1. The van der Waals surface area contributed by atoms with Gasteiger partial charge in [0.25, 0.3) is 5.91 Å². The fourth-order valence-corrected chi connectivity index (χ4v) is 3.80. The first-order valence-corrected chi connectivity index (χ1v) is 9.65. The summed E-state index contributed by atoms with van der Waals surface area (Å²) >= 11 is 0. The SMILES string of the molecule is CC(=O)N1CCN(C(=O)C2=NN(c3ccccc3)[C@@H](c3ccccc3)C2)CC1. The molecule has 0 spiro atoms. The number of carbonyl (C=O) groups excluding carboxylic acids is 2. The zero-order valence-corrected chi connectivity index (χ0v) is 16.0. The highest BCUT2D eigenvalue weighted by atomic mass is 16.2. The molecular weight excluding hydrogens is 352 g/mol. The molecule has 1 fully saturated rings. The van der Waals surface area contributed by atoms with Crippen LogP contribution in [0.3, 0.4) is 0 Å². The van der Waals surface area contributed by atoms with E-state index in [9.17, 15) is 9.59 Å². The van der Waals surface area contributed by atoms with E-state index in [-0.39, 0.29) is 17.9 Å². The molecule has 0 bridgehead atoms. The Hall–Kier alpha value is -3.15. The van der Waals surface area contributed by atoms with Crippen LogP contribution in [-0.4, -0.2) is 53.5 Å². The van der Waals surface area contributed by atoms with Crippen molar-refractivity contribution in [3.8, 4) is 0 Å². The zero-order chi connectivity index (χ0) is 19.5.